The van der Waals surface area contributed by atoms with Gasteiger partial charge in [-0.1, -0.05) is 69.3 Å². The average molecular weight is 494 g/mol. The van der Waals surface area contributed by atoms with Gasteiger partial charge in [0.1, 0.15) is 18.1 Å². The number of benzene rings is 2. The fourth-order valence-electron chi connectivity index (χ4n) is 3.71. The van der Waals surface area contributed by atoms with Crippen LogP contribution in [0.15, 0.2) is 67.1 Å². The van der Waals surface area contributed by atoms with Crippen molar-refractivity contribution in [3.8, 4) is 5.75 Å². The van der Waals surface area contributed by atoms with E-state index < -0.39 is 14.2 Å². The maximum absolute atomic E-state index is 11.5. The van der Waals surface area contributed by atoms with Crippen LogP contribution >= 0.6 is 0 Å². The number of nitrogens with two attached hydrogens (primary N) is 1. The van der Waals surface area contributed by atoms with Crippen molar-refractivity contribution < 1.29 is 14.0 Å². The van der Waals surface area contributed by atoms with Crippen LogP contribution in [-0.4, -0.2) is 29.9 Å². The van der Waals surface area contributed by atoms with E-state index in [2.05, 4.69) is 63.1 Å². The molecule has 0 aliphatic carbocycles. The van der Waals surface area contributed by atoms with Crippen molar-refractivity contribution in [1.29, 1.82) is 0 Å². The minimum absolute atomic E-state index is 0.0169. The summed E-state index contributed by atoms with van der Waals surface area (Å²) >= 11 is 0. The number of primary amides is 1. The molecular weight excluding hydrogens is 454 g/mol. The van der Waals surface area contributed by atoms with Gasteiger partial charge in [-0.2, -0.15) is 0 Å². The van der Waals surface area contributed by atoms with Crippen molar-refractivity contribution >= 4 is 14.2 Å². The number of aromatic nitrogens is 2. The third-order valence-electron chi connectivity index (χ3n) is 6.75. The van der Waals surface area contributed by atoms with Crippen molar-refractivity contribution in [3.05, 3.63) is 83.9 Å². The number of imidazole rings is 1. The Morgan fingerprint density at radius 2 is 1.77 bits per heavy atom. The monoisotopic (exact) mass is 493 g/mol. The SMILES string of the molecule is CC(C)(C)[Si](C)(C)OC(CCCc1ccccc1OCc1ccccc1)Cn1cnc(C(N)=O)c1. The Hall–Kier alpha value is -2.90. The van der Waals surface area contributed by atoms with E-state index >= 15 is 0 Å². The molecule has 0 aliphatic heterocycles. The molecule has 6 nitrogen and oxygen atoms in total. The lowest BCUT2D eigenvalue weighted by Crippen LogP contribution is -2.44. The van der Waals surface area contributed by atoms with Gasteiger partial charge in [-0.3, -0.25) is 4.79 Å². The number of carbonyl (C=O) groups excluding carboxylic acids is 1. The molecule has 7 heteroatoms. The minimum Gasteiger partial charge on any atom is -0.489 e. The quantitative estimate of drug-likeness (QED) is 0.315. The molecule has 1 amide bonds. The van der Waals surface area contributed by atoms with E-state index in [0.717, 1.165) is 30.6 Å². The maximum Gasteiger partial charge on any atom is 0.268 e. The Bertz CT molecular complexity index is 1090. The van der Waals surface area contributed by atoms with Gasteiger partial charge in [0.05, 0.1) is 12.4 Å². The molecule has 0 saturated carbocycles. The highest BCUT2D eigenvalue weighted by Gasteiger charge is 2.39. The molecular formula is C28H39N3O3Si. The van der Waals surface area contributed by atoms with E-state index in [1.807, 2.05) is 34.9 Å². The van der Waals surface area contributed by atoms with Gasteiger partial charge < -0.3 is 19.5 Å². The molecule has 2 aromatic carbocycles. The van der Waals surface area contributed by atoms with Crippen LogP contribution in [0.25, 0.3) is 0 Å². The largest absolute Gasteiger partial charge is 0.489 e. The molecule has 0 saturated heterocycles. The van der Waals surface area contributed by atoms with E-state index in [1.54, 1.807) is 12.5 Å². The first-order valence-electron chi connectivity index (χ1n) is 12.3. The molecule has 0 radical (unpaired) electrons. The lowest BCUT2D eigenvalue weighted by molar-refractivity contribution is 0.0995. The van der Waals surface area contributed by atoms with Crippen molar-refractivity contribution in [2.45, 2.75) is 77.4 Å². The summed E-state index contributed by atoms with van der Waals surface area (Å²) in [6.45, 7) is 12.5. The van der Waals surface area contributed by atoms with Crippen LogP contribution in [0, 0.1) is 0 Å². The summed E-state index contributed by atoms with van der Waals surface area (Å²) in [7, 11) is -1.98. The second kappa shape index (κ2) is 11.7. The second-order valence-corrected chi connectivity index (χ2v) is 15.4. The molecule has 1 aromatic heterocycles. The third-order valence-corrected chi connectivity index (χ3v) is 11.3. The van der Waals surface area contributed by atoms with E-state index in [4.69, 9.17) is 14.9 Å². The Balaban J connectivity index is 1.66. The summed E-state index contributed by atoms with van der Waals surface area (Å²) in [5, 5.41) is 0.108. The summed E-state index contributed by atoms with van der Waals surface area (Å²) in [6.07, 6.45) is 6.14. The van der Waals surface area contributed by atoms with Crippen LogP contribution in [0.5, 0.6) is 5.75 Å². The number of carbonyl (C=O) groups is 1. The van der Waals surface area contributed by atoms with Crippen molar-refractivity contribution in [2.24, 2.45) is 5.73 Å². The first-order valence-corrected chi connectivity index (χ1v) is 15.2. The number of rotatable bonds is 12. The molecule has 1 unspecified atom stereocenters. The van der Waals surface area contributed by atoms with Crippen molar-refractivity contribution in [3.63, 3.8) is 0 Å². The number of amides is 1. The molecule has 1 heterocycles. The zero-order valence-electron chi connectivity index (χ0n) is 21.7. The average Bonchev–Trinajstić information content (AvgIpc) is 3.27. The Morgan fingerprint density at radius 3 is 2.43 bits per heavy atom. The number of hydrogen-bond acceptors (Lipinski definition) is 4. The normalized spacial score (nSPS) is 12.9. The molecule has 0 fully saturated rings. The van der Waals surface area contributed by atoms with Gasteiger partial charge in [0.2, 0.25) is 0 Å². The highest BCUT2D eigenvalue weighted by atomic mass is 28.4. The standard InChI is InChI=1S/C28H39N3O3Si/c1-28(2,3)35(4,5)34-24(18-31-19-25(27(29)32)30-21-31)16-11-15-23-14-9-10-17-26(23)33-20-22-12-7-6-8-13-22/h6-10,12-14,17,19,21,24H,11,15-16,18,20H2,1-5H3,(H2,29,32). The molecule has 188 valence electrons. The predicted octanol–water partition coefficient (Wildman–Crippen LogP) is 5.97. The van der Waals surface area contributed by atoms with Crippen molar-refractivity contribution in [2.75, 3.05) is 0 Å². The number of nitrogens with zero attached hydrogens (tertiary/aromatic N) is 2. The van der Waals surface area contributed by atoms with E-state index in [-0.39, 0.29) is 16.8 Å². The lowest BCUT2D eigenvalue weighted by atomic mass is 10.0. The van der Waals surface area contributed by atoms with Gasteiger partial charge in [0.15, 0.2) is 8.32 Å². The Morgan fingerprint density at radius 1 is 1.09 bits per heavy atom. The molecule has 0 aliphatic rings. The Kier molecular flexibility index (Phi) is 8.91. The number of para-hydroxylation sites is 1. The maximum atomic E-state index is 11.5. The topological polar surface area (TPSA) is 79.4 Å². The number of aryl methyl sites for hydroxylation is 1. The van der Waals surface area contributed by atoms with Crippen LogP contribution in [-0.2, 0) is 24.0 Å². The van der Waals surface area contributed by atoms with Crippen LogP contribution in [0.4, 0.5) is 0 Å². The highest BCUT2D eigenvalue weighted by molar-refractivity contribution is 6.74. The first-order chi connectivity index (χ1) is 16.5. The molecule has 3 aromatic rings. The summed E-state index contributed by atoms with van der Waals surface area (Å²) in [5.74, 6) is 0.414. The first kappa shape index (κ1) is 26.7. The van der Waals surface area contributed by atoms with E-state index in [9.17, 15) is 4.79 Å². The Labute approximate surface area is 210 Å². The molecule has 0 bridgehead atoms. The zero-order valence-corrected chi connectivity index (χ0v) is 22.7. The van der Waals surface area contributed by atoms with Gasteiger partial charge in [0, 0.05) is 12.7 Å². The number of ether oxygens (including phenoxy) is 1. The molecule has 1 atom stereocenters. The second-order valence-electron chi connectivity index (χ2n) is 10.6. The van der Waals surface area contributed by atoms with Crippen LogP contribution in [0.2, 0.25) is 18.1 Å². The fraction of sp³-hybridized carbons (Fsp3) is 0.429. The smallest absolute Gasteiger partial charge is 0.268 e. The van der Waals surface area contributed by atoms with Gasteiger partial charge in [-0.05, 0) is 54.6 Å². The van der Waals surface area contributed by atoms with Crippen LogP contribution in [0.1, 0.15) is 55.2 Å². The summed E-state index contributed by atoms with van der Waals surface area (Å²) in [6, 6.07) is 18.5. The van der Waals surface area contributed by atoms with Gasteiger partial charge in [-0.25, -0.2) is 4.98 Å². The molecule has 0 spiro atoms. The number of hydrogen-bond donors (Lipinski definition) is 1. The molecule has 3 rings (SSSR count). The van der Waals surface area contributed by atoms with Gasteiger partial charge in [0.25, 0.3) is 5.91 Å². The lowest BCUT2D eigenvalue weighted by Gasteiger charge is -2.39. The van der Waals surface area contributed by atoms with Crippen molar-refractivity contribution in [1.82, 2.24) is 9.55 Å². The summed E-state index contributed by atoms with van der Waals surface area (Å²) in [4.78, 5) is 15.6. The zero-order chi connectivity index (χ0) is 25.5. The summed E-state index contributed by atoms with van der Waals surface area (Å²) < 4.78 is 14.9. The van der Waals surface area contributed by atoms with E-state index in [1.165, 1.54) is 5.56 Å². The van der Waals surface area contributed by atoms with Crippen LogP contribution in [0.3, 0.4) is 0 Å². The fourth-order valence-corrected chi connectivity index (χ4v) is 5.09. The molecule has 2 N–H and O–H groups in total. The minimum atomic E-state index is -1.98. The van der Waals surface area contributed by atoms with E-state index in [0.29, 0.717) is 13.2 Å². The molecule has 35 heavy (non-hydrogen) atoms. The van der Waals surface area contributed by atoms with Gasteiger partial charge >= 0.3 is 0 Å². The van der Waals surface area contributed by atoms with Gasteiger partial charge in [-0.15, -0.1) is 0 Å². The third kappa shape index (κ3) is 7.80. The summed E-state index contributed by atoms with van der Waals surface area (Å²) in [5.41, 5.74) is 8.02. The predicted molar refractivity (Wildman–Crippen MR) is 143 cm³/mol. The highest BCUT2D eigenvalue weighted by Crippen LogP contribution is 2.38. The van der Waals surface area contributed by atoms with Crippen LogP contribution < -0.4 is 10.5 Å².